The SMILES string of the molecule is CNC(=O)c1cccc(NCc2ccc(Cl)cc2Br)c1C. The number of rotatable bonds is 4. The van der Waals surface area contributed by atoms with Gasteiger partial charge in [0.1, 0.15) is 0 Å². The van der Waals surface area contributed by atoms with Gasteiger partial charge in [0.25, 0.3) is 5.91 Å². The third kappa shape index (κ3) is 3.77. The van der Waals surface area contributed by atoms with E-state index < -0.39 is 0 Å². The predicted octanol–water partition coefficient (Wildman–Crippen LogP) is 4.38. The van der Waals surface area contributed by atoms with Crippen LogP contribution in [0, 0.1) is 6.92 Å². The monoisotopic (exact) mass is 366 g/mol. The summed E-state index contributed by atoms with van der Waals surface area (Å²) in [6.45, 7) is 2.58. The van der Waals surface area contributed by atoms with E-state index in [-0.39, 0.29) is 5.91 Å². The second-order valence-corrected chi connectivity index (χ2v) is 5.94. The summed E-state index contributed by atoms with van der Waals surface area (Å²) >= 11 is 9.44. The topological polar surface area (TPSA) is 41.1 Å². The highest BCUT2D eigenvalue weighted by Gasteiger charge is 2.10. The zero-order chi connectivity index (χ0) is 15.4. The molecule has 0 aliphatic rings. The Morgan fingerprint density at radius 2 is 2.05 bits per heavy atom. The Morgan fingerprint density at radius 1 is 1.29 bits per heavy atom. The molecule has 5 heteroatoms. The van der Waals surface area contributed by atoms with Crippen molar-refractivity contribution in [3.63, 3.8) is 0 Å². The average Bonchev–Trinajstić information content (AvgIpc) is 2.47. The van der Waals surface area contributed by atoms with Gasteiger partial charge in [-0.25, -0.2) is 0 Å². The molecule has 0 spiro atoms. The summed E-state index contributed by atoms with van der Waals surface area (Å²) < 4.78 is 0.961. The Kier molecular flexibility index (Phi) is 5.26. The van der Waals surface area contributed by atoms with Gasteiger partial charge < -0.3 is 10.6 Å². The van der Waals surface area contributed by atoms with Crippen molar-refractivity contribution in [2.45, 2.75) is 13.5 Å². The quantitative estimate of drug-likeness (QED) is 0.842. The number of carbonyl (C=O) groups is 1. The normalized spacial score (nSPS) is 10.3. The van der Waals surface area contributed by atoms with Crippen molar-refractivity contribution >= 4 is 39.1 Å². The van der Waals surface area contributed by atoms with Crippen LogP contribution in [-0.4, -0.2) is 13.0 Å². The lowest BCUT2D eigenvalue weighted by atomic mass is 10.1. The Hall–Kier alpha value is -1.52. The first-order valence-electron chi connectivity index (χ1n) is 6.52. The van der Waals surface area contributed by atoms with E-state index in [0.29, 0.717) is 17.1 Å². The summed E-state index contributed by atoms with van der Waals surface area (Å²) in [6.07, 6.45) is 0. The van der Waals surface area contributed by atoms with Crippen molar-refractivity contribution in [1.29, 1.82) is 0 Å². The third-order valence-corrected chi connectivity index (χ3v) is 4.26. The van der Waals surface area contributed by atoms with Gasteiger partial charge in [0.2, 0.25) is 0 Å². The molecule has 0 bridgehead atoms. The first-order valence-corrected chi connectivity index (χ1v) is 7.69. The lowest BCUT2D eigenvalue weighted by Crippen LogP contribution is -2.19. The van der Waals surface area contributed by atoms with E-state index in [9.17, 15) is 4.79 Å². The number of carbonyl (C=O) groups excluding carboxylic acids is 1. The van der Waals surface area contributed by atoms with Crippen molar-refractivity contribution in [3.8, 4) is 0 Å². The number of anilines is 1. The highest BCUT2D eigenvalue weighted by Crippen LogP contribution is 2.24. The molecule has 0 radical (unpaired) electrons. The van der Waals surface area contributed by atoms with Crippen LogP contribution in [0.25, 0.3) is 0 Å². The molecule has 0 fully saturated rings. The van der Waals surface area contributed by atoms with Crippen LogP contribution in [0.3, 0.4) is 0 Å². The highest BCUT2D eigenvalue weighted by atomic mass is 79.9. The minimum Gasteiger partial charge on any atom is -0.381 e. The van der Waals surface area contributed by atoms with Gasteiger partial charge in [-0.2, -0.15) is 0 Å². The van der Waals surface area contributed by atoms with E-state index in [0.717, 1.165) is 21.3 Å². The molecular formula is C16H16BrClN2O. The third-order valence-electron chi connectivity index (χ3n) is 3.29. The molecule has 2 aromatic carbocycles. The van der Waals surface area contributed by atoms with Gasteiger partial charge in [-0.05, 0) is 42.3 Å². The lowest BCUT2D eigenvalue weighted by Gasteiger charge is -2.13. The van der Waals surface area contributed by atoms with Gasteiger partial charge in [0.15, 0.2) is 0 Å². The summed E-state index contributed by atoms with van der Waals surface area (Å²) in [5.41, 5.74) is 3.65. The largest absolute Gasteiger partial charge is 0.381 e. The summed E-state index contributed by atoms with van der Waals surface area (Å²) in [7, 11) is 1.63. The Balaban J connectivity index is 2.18. The fourth-order valence-corrected chi connectivity index (χ4v) is 2.89. The fourth-order valence-electron chi connectivity index (χ4n) is 2.06. The molecule has 2 aromatic rings. The lowest BCUT2D eigenvalue weighted by molar-refractivity contribution is 0.0962. The summed E-state index contributed by atoms with van der Waals surface area (Å²) in [4.78, 5) is 11.8. The zero-order valence-corrected chi connectivity index (χ0v) is 14.2. The molecule has 21 heavy (non-hydrogen) atoms. The minimum atomic E-state index is -0.0798. The van der Waals surface area contributed by atoms with Crippen molar-refractivity contribution in [2.24, 2.45) is 0 Å². The molecule has 2 rings (SSSR count). The summed E-state index contributed by atoms with van der Waals surface area (Å²) in [6, 6.07) is 11.3. The van der Waals surface area contributed by atoms with Crippen LogP contribution >= 0.6 is 27.5 Å². The second kappa shape index (κ2) is 6.96. The van der Waals surface area contributed by atoms with Gasteiger partial charge in [-0.3, -0.25) is 4.79 Å². The minimum absolute atomic E-state index is 0.0798. The maximum Gasteiger partial charge on any atom is 0.251 e. The van der Waals surface area contributed by atoms with E-state index in [1.807, 2.05) is 43.3 Å². The molecule has 0 unspecified atom stereocenters. The van der Waals surface area contributed by atoms with Crippen LogP contribution in [0.2, 0.25) is 5.02 Å². The molecule has 0 aliphatic heterocycles. The van der Waals surface area contributed by atoms with Gasteiger partial charge in [0, 0.05) is 34.3 Å². The van der Waals surface area contributed by atoms with Crippen LogP contribution in [0.15, 0.2) is 40.9 Å². The Bertz CT molecular complexity index is 673. The van der Waals surface area contributed by atoms with E-state index in [1.165, 1.54) is 0 Å². The number of halogens is 2. The summed E-state index contributed by atoms with van der Waals surface area (Å²) in [5, 5.41) is 6.70. The first-order chi connectivity index (χ1) is 10.0. The first kappa shape index (κ1) is 15.9. The molecular weight excluding hydrogens is 352 g/mol. The molecule has 110 valence electrons. The fraction of sp³-hybridized carbons (Fsp3) is 0.188. The van der Waals surface area contributed by atoms with E-state index in [2.05, 4.69) is 26.6 Å². The van der Waals surface area contributed by atoms with Gasteiger partial charge in [0.05, 0.1) is 0 Å². The van der Waals surface area contributed by atoms with E-state index >= 15 is 0 Å². The standard InChI is InChI=1S/C16H16BrClN2O/c1-10-13(16(21)19-2)4-3-5-15(10)20-9-11-6-7-12(18)8-14(11)17/h3-8,20H,9H2,1-2H3,(H,19,21). The Morgan fingerprint density at radius 3 is 2.71 bits per heavy atom. The number of benzene rings is 2. The number of hydrogen-bond donors (Lipinski definition) is 2. The number of amides is 1. The van der Waals surface area contributed by atoms with Crippen molar-refractivity contribution in [1.82, 2.24) is 5.32 Å². The van der Waals surface area contributed by atoms with Gasteiger partial charge in [-0.1, -0.05) is 39.7 Å². The number of nitrogens with one attached hydrogen (secondary N) is 2. The van der Waals surface area contributed by atoms with Gasteiger partial charge in [-0.15, -0.1) is 0 Å². The number of hydrogen-bond acceptors (Lipinski definition) is 2. The molecule has 0 aliphatic carbocycles. The zero-order valence-electron chi connectivity index (χ0n) is 11.8. The molecule has 2 N–H and O–H groups in total. The van der Waals surface area contributed by atoms with Crippen LogP contribution in [0.5, 0.6) is 0 Å². The van der Waals surface area contributed by atoms with Crippen molar-refractivity contribution in [2.75, 3.05) is 12.4 Å². The molecule has 0 atom stereocenters. The maximum atomic E-state index is 11.8. The Labute approximate surface area is 137 Å². The average molecular weight is 368 g/mol. The molecule has 0 aromatic heterocycles. The van der Waals surface area contributed by atoms with E-state index in [1.54, 1.807) is 7.05 Å². The van der Waals surface area contributed by atoms with E-state index in [4.69, 9.17) is 11.6 Å². The van der Waals surface area contributed by atoms with Crippen LogP contribution in [0.4, 0.5) is 5.69 Å². The van der Waals surface area contributed by atoms with Gasteiger partial charge >= 0.3 is 0 Å². The van der Waals surface area contributed by atoms with Crippen LogP contribution in [-0.2, 0) is 6.54 Å². The molecule has 3 nitrogen and oxygen atoms in total. The van der Waals surface area contributed by atoms with Crippen molar-refractivity contribution < 1.29 is 4.79 Å². The van der Waals surface area contributed by atoms with Crippen molar-refractivity contribution in [3.05, 3.63) is 62.6 Å². The second-order valence-electron chi connectivity index (χ2n) is 4.65. The molecule has 1 amide bonds. The maximum absolute atomic E-state index is 11.8. The molecule has 0 saturated heterocycles. The summed E-state index contributed by atoms with van der Waals surface area (Å²) in [5.74, 6) is -0.0798. The smallest absolute Gasteiger partial charge is 0.251 e. The molecule has 0 heterocycles. The highest BCUT2D eigenvalue weighted by molar-refractivity contribution is 9.10. The predicted molar refractivity (Wildman–Crippen MR) is 91.0 cm³/mol. The van der Waals surface area contributed by atoms with Crippen LogP contribution in [0.1, 0.15) is 21.5 Å². The van der Waals surface area contributed by atoms with Crippen LogP contribution < -0.4 is 10.6 Å². The molecule has 0 saturated carbocycles.